The predicted octanol–water partition coefficient (Wildman–Crippen LogP) is 3.50. The Morgan fingerprint density at radius 1 is 1.08 bits per heavy atom. The maximum Gasteiger partial charge on any atom is 0.321 e. The highest BCUT2D eigenvalue weighted by atomic mass is 32.1. The first-order chi connectivity index (χ1) is 11.9. The van der Waals surface area contributed by atoms with Crippen molar-refractivity contribution in [1.82, 2.24) is 5.32 Å². The Bertz CT molecular complexity index is 712. The molecular formula is C19H23NO4S. The van der Waals surface area contributed by atoms with Crippen LogP contribution in [0.25, 0.3) is 11.1 Å². The number of carboxylic acid groups (broad SMARTS) is 2. The number of benzene rings is 1. The molecule has 0 spiro atoms. The molecule has 0 fully saturated rings. The van der Waals surface area contributed by atoms with Crippen molar-refractivity contribution in [2.24, 2.45) is 5.92 Å². The summed E-state index contributed by atoms with van der Waals surface area (Å²) in [5.74, 6) is -1.91. The van der Waals surface area contributed by atoms with Gasteiger partial charge in [-0.15, -0.1) is 0 Å². The van der Waals surface area contributed by atoms with Crippen molar-refractivity contribution in [3.8, 4) is 11.1 Å². The van der Waals surface area contributed by atoms with E-state index < -0.39 is 24.0 Å². The van der Waals surface area contributed by atoms with Crippen LogP contribution in [0.15, 0.2) is 41.1 Å². The summed E-state index contributed by atoms with van der Waals surface area (Å²) in [7, 11) is 0. The van der Waals surface area contributed by atoms with Gasteiger partial charge in [0.1, 0.15) is 12.1 Å². The zero-order chi connectivity index (χ0) is 18.4. The third kappa shape index (κ3) is 5.69. The average Bonchev–Trinajstić information content (AvgIpc) is 3.07. The van der Waals surface area contributed by atoms with E-state index in [4.69, 9.17) is 0 Å². The van der Waals surface area contributed by atoms with Gasteiger partial charge in [0.25, 0.3) is 0 Å². The van der Waals surface area contributed by atoms with Crippen molar-refractivity contribution in [3.63, 3.8) is 0 Å². The summed E-state index contributed by atoms with van der Waals surface area (Å²) in [4.78, 5) is 23.0. The Balaban J connectivity index is 2.15. The molecule has 3 N–H and O–H groups in total. The second kappa shape index (κ2) is 8.78. The van der Waals surface area contributed by atoms with Crippen molar-refractivity contribution < 1.29 is 19.8 Å². The van der Waals surface area contributed by atoms with Crippen molar-refractivity contribution in [2.45, 2.75) is 38.8 Å². The first kappa shape index (κ1) is 19.1. The van der Waals surface area contributed by atoms with Crippen molar-refractivity contribution in [3.05, 3.63) is 46.7 Å². The molecule has 5 nitrogen and oxygen atoms in total. The lowest BCUT2D eigenvalue weighted by Crippen LogP contribution is -2.48. The van der Waals surface area contributed by atoms with Crippen LogP contribution in [0, 0.1) is 5.92 Å². The summed E-state index contributed by atoms with van der Waals surface area (Å²) in [6.45, 7) is 3.83. The van der Waals surface area contributed by atoms with Crippen molar-refractivity contribution >= 4 is 23.3 Å². The largest absolute Gasteiger partial charge is 0.480 e. The summed E-state index contributed by atoms with van der Waals surface area (Å²) in [6, 6.07) is 7.89. The van der Waals surface area contributed by atoms with Gasteiger partial charge in [0.15, 0.2) is 0 Å². The fraction of sp³-hybridized carbons (Fsp3) is 0.368. The number of carboxylic acids is 2. The van der Waals surface area contributed by atoms with Crippen LogP contribution in [0.5, 0.6) is 0 Å². The summed E-state index contributed by atoms with van der Waals surface area (Å²) in [5, 5.41) is 25.7. The monoisotopic (exact) mass is 361 g/mol. The van der Waals surface area contributed by atoms with Gasteiger partial charge in [-0.1, -0.05) is 38.1 Å². The van der Waals surface area contributed by atoms with Crippen molar-refractivity contribution in [1.29, 1.82) is 0 Å². The smallest absolute Gasteiger partial charge is 0.321 e. The normalized spacial score (nSPS) is 13.6. The SMILES string of the molecule is CC(C)C[C@H](N[C@@H](Cc1cccc(-c2ccsc2)c1)C(=O)O)C(=O)O. The van der Waals surface area contributed by atoms with Crippen LogP contribution in [-0.2, 0) is 16.0 Å². The number of hydrogen-bond acceptors (Lipinski definition) is 4. The lowest BCUT2D eigenvalue weighted by Gasteiger charge is -2.22. The van der Waals surface area contributed by atoms with E-state index in [1.54, 1.807) is 11.3 Å². The van der Waals surface area contributed by atoms with Gasteiger partial charge in [-0.05, 0) is 52.3 Å². The number of thiophene rings is 1. The van der Waals surface area contributed by atoms with Gasteiger partial charge in [0.2, 0.25) is 0 Å². The standard InChI is InChI=1S/C19H23NO4S/c1-12(2)8-16(18(21)22)20-17(19(23)24)10-13-4-3-5-14(9-13)15-6-7-25-11-15/h3-7,9,11-12,16-17,20H,8,10H2,1-2H3,(H,21,22)(H,23,24)/t16-,17-/m0/s1. The number of nitrogens with one attached hydrogen (secondary N) is 1. The van der Waals surface area contributed by atoms with Crippen LogP contribution in [-0.4, -0.2) is 34.2 Å². The van der Waals surface area contributed by atoms with Crippen LogP contribution in [0.4, 0.5) is 0 Å². The van der Waals surface area contributed by atoms with E-state index in [1.807, 2.05) is 54.9 Å². The van der Waals surface area contributed by atoms with Crippen LogP contribution in [0.2, 0.25) is 0 Å². The number of hydrogen-bond donors (Lipinski definition) is 3. The van der Waals surface area contributed by atoms with Gasteiger partial charge in [-0.3, -0.25) is 14.9 Å². The first-order valence-electron chi connectivity index (χ1n) is 8.20. The zero-order valence-corrected chi connectivity index (χ0v) is 15.1. The van der Waals surface area contributed by atoms with Crippen LogP contribution >= 0.6 is 11.3 Å². The minimum atomic E-state index is -1.05. The van der Waals surface area contributed by atoms with Gasteiger partial charge >= 0.3 is 11.9 Å². The van der Waals surface area contributed by atoms with E-state index in [0.29, 0.717) is 6.42 Å². The van der Waals surface area contributed by atoms with Crippen LogP contribution in [0.1, 0.15) is 25.8 Å². The molecule has 1 aromatic carbocycles. The molecule has 2 rings (SSSR count). The molecule has 0 aliphatic carbocycles. The highest BCUT2D eigenvalue weighted by molar-refractivity contribution is 7.08. The van der Waals surface area contributed by atoms with E-state index in [0.717, 1.165) is 16.7 Å². The Labute approximate surface area is 151 Å². The lowest BCUT2D eigenvalue weighted by atomic mass is 9.98. The molecule has 0 radical (unpaired) electrons. The minimum Gasteiger partial charge on any atom is -0.480 e. The molecule has 1 heterocycles. The molecular weight excluding hydrogens is 338 g/mol. The quantitative estimate of drug-likeness (QED) is 0.636. The van der Waals surface area contributed by atoms with Crippen molar-refractivity contribution in [2.75, 3.05) is 0 Å². The van der Waals surface area contributed by atoms with E-state index in [9.17, 15) is 19.8 Å². The van der Waals surface area contributed by atoms with E-state index >= 15 is 0 Å². The van der Waals surface area contributed by atoms with Gasteiger partial charge in [0, 0.05) is 0 Å². The molecule has 0 unspecified atom stereocenters. The van der Waals surface area contributed by atoms with Crippen LogP contribution in [0.3, 0.4) is 0 Å². The fourth-order valence-electron chi connectivity index (χ4n) is 2.71. The molecule has 0 saturated carbocycles. The molecule has 2 aromatic rings. The lowest BCUT2D eigenvalue weighted by molar-refractivity contribution is -0.142. The molecule has 1 aromatic heterocycles. The summed E-state index contributed by atoms with van der Waals surface area (Å²) in [6.07, 6.45) is 0.614. The maximum atomic E-state index is 11.6. The van der Waals surface area contributed by atoms with Gasteiger partial charge < -0.3 is 10.2 Å². The number of aliphatic carboxylic acids is 2. The molecule has 2 atom stereocenters. The topological polar surface area (TPSA) is 86.6 Å². The molecule has 0 saturated heterocycles. The second-order valence-electron chi connectivity index (χ2n) is 6.49. The fourth-order valence-corrected chi connectivity index (χ4v) is 3.38. The van der Waals surface area contributed by atoms with Gasteiger partial charge in [-0.2, -0.15) is 11.3 Å². The maximum absolute atomic E-state index is 11.6. The average molecular weight is 361 g/mol. The van der Waals surface area contributed by atoms with E-state index in [-0.39, 0.29) is 12.3 Å². The summed E-state index contributed by atoms with van der Waals surface area (Å²) < 4.78 is 0. The summed E-state index contributed by atoms with van der Waals surface area (Å²) in [5.41, 5.74) is 2.98. The molecule has 0 aliphatic rings. The minimum absolute atomic E-state index is 0.157. The number of carbonyl (C=O) groups is 2. The highest BCUT2D eigenvalue weighted by Crippen LogP contribution is 2.23. The zero-order valence-electron chi connectivity index (χ0n) is 14.3. The van der Waals surface area contributed by atoms with Crippen LogP contribution < -0.4 is 5.32 Å². The molecule has 0 aliphatic heterocycles. The summed E-state index contributed by atoms with van der Waals surface area (Å²) >= 11 is 1.60. The molecule has 25 heavy (non-hydrogen) atoms. The molecule has 0 bridgehead atoms. The van der Waals surface area contributed by atoms with E-state index in [1.165, 1.54) is 0 Å². The third-order valence-corrected chi connectivity index (χ3v) is 4.61. The Morgan fingerprint density at radius 3 is 2.36 bits per heavy atom. The van der Waals surface area contributed by atoms with Gasteiger partial charge in [0.05, 0.1) is 0 Å². The predicted molar refractivity (Wildman–Crippen MR) is 98.9 cm³/mol. The van der Waals surface area contributed by atoms with Gasteiger partial charge in [-0.25, -0.2) is 0 Å². The molecule has 0 amide bonds. The highest BCUT2D eigenvalue weighted by Gasteiger charge is 2.26. The Hall–Kier alpha value is -2.18. The number of rotatable bonds is 9. The molecule has 134 valence electrons. The van der Waals surface area contributed by atoms with E-state index in [2.05, 4.69) is 5.32 Å². The first-order valence-corrected chi connectivity index (χ1v) is 9.14. The molecule has 6 heteroatoms. The second-order valence-corrected chi connectivity index (χ2v) is 7.27. The Kier molecular flexibility index (Phi) is 6.73. The Morgan fingerprint density at radius 2 is 1.80 bits per heavy atom. The third-order valence-electron chi connectivity index (χ3n) is 3.93.